The lowest BCUT2D eigenvalue weighted by Gasteiger charge is -2.45. The number of hydrogen-bond acceptors (Lipinski definition) is 5. The number of carboxylic acids is 1. The normalized spacial score (nSPS) is 24.2. The van der Waals surface area contributed by atoms with Crippen LogP contribution in [-0.4, -0.2) is 59.6 Å². The van der Waals surface area contributed by atoms with E-state index in [1.165, 1.54) is 12.1 Å². The molecule has 3 fully saturated rings. The number of nitrogens with one attached hydrogen (secondary N) is 1. The molecule has 2 aliphatic heterocycles. The highest BCUT2D eigenvalue weighted by Crippen LogP contribution is 2.47. The van der Waals surface area contributed by atoms with E-state index in [0.29, 0.717) is 19.1 Å². The van der Waals surface area contributed by atoms with Gasteiger partial charge in [-0.3, -0.25) is 9.69 Å². The molecule has 41 heavy (non-hydrogen) atoms. The molecule has 3 aliphatic rings. The number of halogens is 5. The Morgan fingerprint density at radius 1 is 1.05 bits per heavy atom. The second-order valence-electron chi connectivity index (χ2n) is 11.0. The van der Waals surface area contributed by atoms with Crippen molar-refractivity contribution in [2.45, 2.75) is 69.0 Å². The number of rotatable bonds is 8. The van der Waals surface area contributed by atoms with Crippen molar-refractivity contribution in [3.63, 3.8) is 0 Å². The van der Waals surface area contributed by atoms with E-state index in [9.17, 15) is 36.6 Å². The van der Waals surface area contributed by atoms with Gasteiger partial charge in [-0.2, -0.15) is 0 Å². The number of benzene rings is 2. The molecule has 2 heterocycles. The predicted molar refractivity (Wildman–Crippen MR) is 136 cm³/mol. The number of hydrogen-bond donors (Lipinski definition) is 2. The summed E-state index contributed by atoms with van der Waals surface area (Å²) in [5.41, 5.74) is -0.415. The van der Waals surface area contributed by atoms with Crippen molar-refractivity contribution in [3.05, 3.63) is 64.7 Å². The Balaban J connectivity index is 1.16. The first-order valence-corrected chi connectivity index (χ1v) is 13.7. The fourth-order valence-corrected chi connectivity index (χ4v) is 6.11. The topological polar surface area (TPSA) is 88.1 Å². The van der Waals surface area contributed by atoms with Crippen molar-refractivity contribution in [2.24, 2.45) is 5.92 Å². The summed E-state index contributed by atoms with van der Waals surface area (Å²) in [6.45, 7) is 1.68. The van der Waals surface area contributed by atoms with Gasteiger partial charge in [0.15, 0.2) is 0 Å². The van der Waals surface area contributed by atoms with E-state index in [4.69, 9.17) is 4.74 Å². The van der Waals surface area contributed by atoms with Crippen molar-refractivity contribution >= 4 is 11.9 Å². The average Bonchev–Trinajstić information content (AvgIpc) is 3.77. The van der Waals surface area contributed by atoms with Crippen LogP contribution < -0.4 is 10.1 Å². The van der Waals surface area contributed by atoms with Crippen LogP contribution in [0.2, 0.25) is 0 Å². The Labute approximate surface area is 233 Å². The van der Waals surface area contributed by atoms with Gasteiger partial charge in [-0.15, -0.1) is 13.2 Å². The maximum atomic E-state index is 13.9. The number of likely N-dealkylation sites (tertiary alicyclic amines) is 1. The highest BCUT2D eigenvalue weighted by Gasteiger charge is 2.54. The molecule has 5 rings (SSSR count). The molecule has 0 bridgehead atoms. The minimum absolute atomic E-state index is 0.0488. The molecule has 12 heteroatoms. The molecule has 2 aromatic rings. The SMILES string of the molecule is O=C(O)c1cc(C2CCN([C@@H]3CC[C@@](C(=O)NCc4cc(F)cc(OC(F)(F)F)c4)(C4CC4)OC3)CC2)ccc1F. The van der Waals surface area contributed by atoms with Crippen molar-refractivity contribution in [2.75, 3.05) is 19.7 Å². The summed E-state index contributed by atoms with van der Waals surface area (Å²) in [4.78, 5) is 26.9. The lowest BCUT2D eigenvalue weighted by molar-refractivity contribution is -0.274. The second-order valence-corrected chi connectivity index (χ2v) is 11.0. The summed E-state index contributed by atoms with van der Waals surface area (Å²) in [5, 5.41) is 12.0. The monoisotopic (exact) mass is 582 g/mol. The number of piperidine rings is 1. The Morgan fingerprint density at radius 2 is 1.78 bits per heavy atom. The zero-order valence-corrected chi connectivity index (χ0v) is 22.2. The van der Waals surface area contributed by atoms with Crippen LogP contribution in [0.25, 0.3) is 0 Å². The number of nitrogens with zero attached hydrogens (tertiary/aromatic N) is 1. The maximum absolute atomic E-state index is 13.9. The fourth-order valence-electron chi connectivity index (χ4n) is 6.11. The number of aromatic carboxylic acids is 1. The molecule has 1 amide bonds. The third-order valence-corrected chi connectivity index (χ3v) is 8.36. The highest BCUT2D eigenvalue weighted by molar-refractivity contribution is 5.88. The van der Waals surface area contributed by atoms with E-state index >= 15 is 0 Å². The molecule has 2 N–H and O–H groups in total. The van der Waals surface area contributed by atoms with Crippen LogP contribution >= 0.6 is 0 Å². The standard InChI is InChI=1S/C29H31F5N2O5/c30-21-11-17(12-23(14-21)41-29(32,33)34)15-35-27(39)28(20-2-3-20)8-5-22(16-40-28)36-9-6-18(7-10-36)19-1-4-25(31)24(13-19)26(37)38/h1,4,11-14,18,20,22H,2-3,5-10,15-16H2,(H,35,39)(H,37,38)/t22-,28+/m1/s1. The van der Waals surface area contributed by atoms with Gasteiger partial charge in [0.1, 0.15) is 23.0 Å². The minimum Gasteiger partial charge on any atom is -0.478 e. The van der Waals surface area contributed by atoms with E-state index in [-0.39, 0.29) is 41.5 Å². The van der Waals surface area contributed by atoms with Crippen molar-refractivity contribution in [1.82, 2.24) is 10.2 Å². The molecule has 2 aromatic carbocycles. The number of carbonyl (C=O) groups is 2. The molecule has 1 saturated carbocycles. The second kappa shape index (κ2) is 11.6. The van der Waals surface area contributed by atoms with Crippen molar-refractivity contribution < 1.29 is 46.1 Å². The van der Waals surface area contributed by atoms with E-state index in [2.05, 4.69) is 15.0 Å². The third kappa shape index (κ3) is 6.81. The minimum atomic E-state index is -4.96. The molecular formula is C29H31F5N2O5. The first kappa shape index (κ1) is 29.2. The average molecular weight is 583 g/mol. The molecule has 222 valence electrons. The number of alkyl halides is 3. The van der Waals surface area contributed by atoms with Crippen molar-refractivity contribution in [1.29, 1.82) is 0 Å². The van der Waals surface area contributed by atoms with Gasteiger partial charge in [-0.25, -0.2) is 13.6 Å². The Kier molecular flexibility index (Phi) is 8.24. The summed E-state index contributed by atoms with van der Waals surface area (Å²) in [7, 11) is 0. The van der Waals surface area contributed by atoms with E-state index < -0.39 is 35.3 Å². The van der Waals surface area contributed by atoms with Gasteiger partial charge in [-0.05, 0) is 98.8 Å². The largest absolute Gasteiger partial charge is 0.573 e. The summed E-state index contributed by atoms with van der Waals surface area (Å²) < 4.78 is 75.4. The Hall–Kier alpha value is -3.25. The predicted octanol–water partition coefficient (Wildman–Crippen LogP) is 5.39. The Morgan fingerprint density at radius 3 is 2.39 bits per heavy atom. The molecule has 0 aromatic heterocycles. The maximum Gasteiger partial charge on any atom is 0.573 e. The number of ether oxygens (including phenoxy) is 2. The zero-order chi connectivity index (χ0) is 29.4. The van der Waals surface area contributed by atoms with Gasteiger partial charge in [0.25, 0.3) is 5.91 Å². The van der Waals surface area contributed by atoms with Crippen LogP contribution in [0.3, 0.4) is 0 Å². The van der Waals surface area contributed by atoms with E-state index in [1.54, 1.807) is 6.07 Å². The van der Waals surface area contributed by atoms with Gasteiger partial charge in [0.05, 0.1) is 12.2 Å². The zero-order valence-electron chi connectivity index (χ0n) is 22.2. The summed E-state index contributed by atoms with van der Waals surface area (Å²) in [6, 6.07) is 7.07. The van der Waals surface area contributed by atoms with Gasteiger partial charge in [0, 0.05) is 18.7 Å². The first-order chi connectivity index (χ1) is 19.4. The van der Waals surface area contributed by atoms with Crippen LogP contribution in [0.5, 0.6) is 5.75 Å². The molecule has 2 atom stereocenters. The smallest absolute Gasteiger partial charge is 0.478 e. The molecule has 2 saturated heterocycles. The number of carbonyl (C=O) groups excluding carboxylic acids is 1. The number of carboxylic acid groups (broad SMARTS) is 1. The van der Waals surface area contributed by atoms with Crippen LogP contribution in [0.15, 0.2) is 36.4 Å². The first-order valence-electron chi connectivity index (χ1n) is 13.7. The van der Waals surface area contributed by atoms with Crippen molar-refractivity contribution in [3.8, 4) is 5.75 Å². The molecule has 0 unspecified atom stereocenters. The summed E-state index contributed by atoms with van der Waals surface area (Å²) in [5.74, 6) is -3.83. The lowest BCUT2D eigenvalue weighted by atomic mass is 9.84. The fraction of sp³-hybridized carbons (Fsp3) is 0.517. The van der Waals surface area contributed by atoms with E-state index in [1.807, 2.05) is 0 Å². The van der Waals surface area contributed by atoms with Crippen LogP contribution in [0, 0.1) is 17.6 Å². The molecule has 0 radical (unpaired) electrons. The molecular weight excluding hydrogens is 551 g/mol. The molecule has 1 aliphatic carbocycles. The lowest BCUT2D eigenvalue weighted by Crippen LogP contribution is -2.57. The van der Waals surface area contributed by atoms with Gasteiger partial charge in [0.2, 0.25) is 0 Å². The van der Waals surface area contributed by atoms with Crippen LogP contribution in [-0.2, 0) is 16.1 Å². The van der Waals surface area contributed by atoms with E-state index in [0.717, 1.165) is 62.9 Å². The Bertz CT molecular complexity index is 1280. The summed E-state index contributed by atoms with van der Waals surface area (Å²) >= 11 is 0. The molecule has 0 spiro atoms. The van der Waals surface area contributed by atoms with Gasteiger partial charge in [-0.1, -0.05) is 6.07 Å². The van der Waals surface area contributed by atoms with Crippen LogP contribution in [0.1, 0.15) is 65.9 Å². The highest BCUT2D eigenvalue weighted by atomic mass is 19.4. The third-order valence-electron chi connectivity index (χ3n) is 8.36. The summed E-state index contributed by atoms with van der Waals surface area (Å²) in [6.07, 6.45) is -0.521. The number of amides is 1. The molecule has 7 nitrogen and oxygen atoms in total. The van der Waals surface area contributed by atoms with Gasteiger partial charge >= 0.3 is 12.3 Å². The quantitative estimate of drug-likeness (QED) is 0.407. The van der Waals surface area contributed by atoms with Gasteiger partial charge < -0.3 is 19.9 Å². The van der Waals surface area contributed by atoms with Crippen LogP contribution in [0.4, 0.5) is 22.0 Å².